The predicted molar refractivity (Wildman–Crippen MR) is 72.9 cm³/mol. The molecule has 1 heterocycles. The molecule has 17 heavy (non-hydrogen) atoms. The largest absolute Gasteiger partial charge is 0.327 e. The molecule has 0 amide bonds. The molecule has 1 aromatic carbocycles. The first-order valence-corrected chi connectivity index (χ1v) is 6.70. The Labute approximate surface area is 105 Å². The molecule has 0 saturated carbocycles. The molecule has 1 aromatic rings. The van der Waals surface area contributed by atoms with Gasteiger partial charge in [0.1, 0.15) is 0 Å². The molecule has 1 saturated heterocycles. The van der Waals surface area contributed by atoms with Gasteiger partial charge in [-0.1, -0.05) is 30.3 Å². The van der Waals surface area contributed by atoms with Crippen LogP contribution in [0.4, 0.5) is 0 Å². The van der Waals surface area contributed by atoms with Crippen LogP contribution in [-0.2, 0) is 6.42 Å². The second-order valence-corrected chi connectivity index (χ2v) is 5.49. The molecule has 2 heteroatoms. The number of likely N-dealkylation sites (tertiary alicyclic amines) is 1. The summed E-state index contributed by atoms with van der Waals surface area (Å²) >= 11 is 0. The van der Waals surface area contributed by atoms with Crippen LogP contribution in [0.2, 0.25) is 0 Å². The molecule has 0 radical (unpaired) electrons. The van der Waals surface area contributed by atoms with Gasteiger partial charge in [-0.15, -0.1) is 0 Å². The first-order chi connectivity index (χ1) is 8.16. The number of hydrogen-bond acceptors (Lipinski definition) is 2. The lowest BCUT2D eigenvalue weighted by atomic mass is 9.87. The molecule has 2 atom stereocenters. The molecule has 0 spiro atoms. The fourth-order valence-corrected chi connectivity index (χ4v) is 2.68. The van der Waals surface area contributed by atoms with Gasteiger partial charge in [0, 0.05) is 18.6 Å². The molecule has 0 bridgehead atoms. The Bertz CT molecular complexity index is 334. The maximum absolute atomic E-state index is 6.26. The molecule has 1 fully saturated rings. The Kier molecular flexibility index (Phi) is 4.19. The Morgan fingerprint density at radius 1 is 1.29 bits per heavy atom. The molecular formula is C15H24N2. The van der Waals surface area contributed by atoms with Crippen LogP contribution >= 0.6 is 0 Å². The van der Waals surface area contributed by atoms with Gasteiger partial charge in [-0.2, -0.15) is 0 Å². The molecule has 2 unspecified atom stereocenters. The molecule has 2 nitrogen and oxygen atoms in total. The van der Waals surface area contributed by atoms with E-state index in [1.54, 1.807) is 0 Å². The molecular weight excluding hydrogens is 208 g/mol. The monoisotopic (exact) mass is 232 g/mol. The standard InChI is InChI=1S/C15H24N2/c1-12(2)17-9-8-15(16)14(11-17)10-13-6-4-3-5-7-13/h3-7,12,14-15H,8-11,16H2,1-2H3. The van der Waals surface area contributed by atoms with E-state index in [1.165, 1.54) is 5.56 Å². The van der Waals surface area contributed by atoms with Crippen molar-refractivity contribution >= 4 is 0 Å². The first kappa shape index (κ1) is 12.6. The van der Waals surface area contributed by atoms with Crippen molar-refractivity contribution in [3.05, 3.63) is 35.9 Å². The summed E-state index contributed by atoms with van der Waals surface area (Å²) in [5.41, 5.74) is 7.68. The van der Waals surface area contributed by atoms with E-state index in [9.17, 15) is 0 Å². The van der Waals surface area contributed by atoms with E-state index in [2.05, 4.69) is 49.1 Å². The number of piperidine rings is 1. The van der Waals surface area contributed by atoms with Crippen LogP contribution in [0.3, 0.4) is 0 Å². The van der Waals surface area contributed by atoms with Crippen molar-refractivity contribution in [2.24, 2.45) is 11.7 Å². The van der Waals surface area contributed by atoms with Crippen molar-refractivity contribution in [2.75, 3.05) is 13.1 Å². The fraction of sp³-hybridized carbons (Fsp3) is 0.600. The van der Waals surface area contributed by atoms with E-state index in [0.29, 0.717) is 18.0 Å². The van der Waals surface area contributed by atoms with E-state index in [1.807, 2.05) is 0 Å². The topological polar surface area (TPSA) is 29.3 Å². The lowest BCUT2D eigenvalue weighted by molar-refractivity contribution is 0.123. The van der Waals surface area contributed by atoms with Gasteiger partial charge in [-0.05, 0) is 44.7 Å². The molecule has 1 aliphatic heterocycles. The maximum atomic E-state index is 6.26. The summed E-state index contributed by atoms with van der Waals surface area (Å²) in [6.07, 6.45) is 2.25. The highest BCUT2D eigenvalue weighted by Crippen LogP contribution is 2.21. The fourth-order valence-electron chi connectivity index (χ4n) is 2.68. The van der Waals surface area contributed by atoms with Crippen LogP contribution in [0.15, 0.2) is 30.3 Å². The van der Waals surface area contributed by atoms with Gasteiger partial charge in [0.15, 0.2) is 0 Å². The normalized spacial score (nSPS) is 26.4. The summed E-state index contributed by atoms with van der Waals surface area (Å²) in [4.78, 5) is 2.55. The zero-order chi connectivity index (χ0) is 12.3. The van der Waals surface area contributed by atoms with Crippen LogP contribution in [0, 0.1) is 5.92 Å². The van der Waals surface area contributed by atoms with Gasteiger partial charge >= 0.3 is 0 Å². The maximum Gasteiger partial charge on any atom is 0.00947 e. The number of nitrogens with two attached hydrogens (primary N) is 1. The Balaban J connectivity index is 1.99. The van der Waals surface area contributed by atoms with Crippen molar-refractivity contribution in [3.63, 3.8) is 0 Å². The highest BCUT2D eigenvalue weighted by molar-refractivity contribution is 5.16. The van der Waals surface area contributed by atoms with Crippen molar-refractivity contribution < 1.29 is 0 Å². The van der Waals surface area contributed by atoms with Gasteiger partial charge < -0.3 is 10.6 Å². The summed E-state index contributed by atoms with van der Waals surface area (Å²) < 4.78 is 0. The van der Waals surface area contributed by atoms with Crippen molar-refractivity contribution in [2.45, 2.75) is 38.8 Å². The van der Waals surface area contributed by atoms with Crippen LogP contribution < -0.4 is 5.73 Å². The van der Waals surface area contributed by atoms with Crippen LogP contribution in [0.25, 0.3) is 0 Å². The van der Waals surface area contributed by atoms with Crippen LogP contribution in [0.1, 0.15) is 25.8 Å². The van der Waals surface area contributed by atoms with Gasteiger partial charge in [-0.3, -0.25) is 0 Å². The van der Waals surface area contributed by atoms with Gasteiger partial charge in [0.05, 0.1) is 0 Å². The molecule has 2 N–H and O–H groups in total. The van der Waals surface area contributed by atoms with E-state index in [4.69, 9.17) is 5.73 Å². The lowest BCUT2D eigenvalue weighted by Crippen LogP contribution is -2.50. The second-order valence-electron chi connectivity index (χ2n) is 5.49. The SMILES string of the molecule is CC(C)N1CCC(N)C(Cc2ccccc2)C1. The number of hydrogen-bond donors (Lipinski definition) is 1. The van der Waals surface area contributed by atoms with Gasteiger partial charge in [0.2, 0.25) is 0 Å². The number of benzene rings is 1. The van der Waals surface area contributed by atoms with E-state index in [0.717, 1.165) is 25.9 Å². The van der Waals surface area contributed by atoms with Crippen molar-refractivity contribution in [1.82, 2.24) is 4.90 Å². The lowest BCUT2D eigenvalue weighted by Gasteiger charge is -2.39. The minimum Gasteiger partial charge on any atom is -0.327 e. The highest BCUT2D eigenvalue weighted by atomic mass is 15.2. The summed E-state index contributed by atoms with van der Waals surface area (Å²) in [6.45, 7) is 6.85. The zero-order valence-corrected chi connectivity index (χ0v) is 11.0. The van der Waals surface area contributed by atoms with Crippen LogP contribution in [-0.4, -0.2) is 30.1 Å². The molecule has 94 valence electrons. The second kappa shape index (κ2) is 5.65. The predicted octanol–water partition coefficient (Wildman–Crippen LogP) is 2.29. The average Bonchev–Trinajstić information content (AvgIpc) is 2.33. The smallest absolute Gasteiger partial charge is 0.00947 e. The van der Waals surface area contributed by atoms with E-state index in [-0.39, 0.29) is 0 Å². The minimum absolute atomic E-state index is 0.366. The van der Waals surface area contributed by atoms with Crippen molar-refractivity contribution in [1.29, 1.82) is 0 Å². The number of rotatable bonds is 3. The average molecular weight is 232 g/mol. The summed E-state index contributed by atoms with van der Waals surface area (Å²) in [7, 11) is 0. The Hall–Kier alpha value is -0.860. The summed E-state index contributed by atoms with van der Waals surface area (Å²) in [5.74, 6) is 0.605. The van der Waals surface area contributed by atoms with Gasteiger partial charge in [0.25, 0.3) is 0 Å². The third kappa shape index (κ3) is 3.30. The van der Waals surface area contributed by atoms with E-state index < -0.39 is 0 Å². The first-order valence-electron chi connectivity index (χ1n) is 6.70. The zero-order valence-electron chi connectivity index (χ0n) is 11.0. The van der Waals surface area contributed by atoms with Crippen LogP contribution in [0.5, 0.6) is 0 Å². The van der Waals surface area contributed by atoms with Gasteiger partial charge in [-0.25, -0.2) is 0 Å². The number of nitrogens with zero attached hydrogens (tertiary/aromatic N) is 1. The third-order valence-electron chi connectivity index (χ3n) is 3.90. The van der Waals surface area contributed by atoms with E-state index >= 15 is 0 Å². The molecule has 2 rings (SSSR count). The quantitative estimate of drug-likeness (QED) is 0.866. The Morgan fingerprint density at radius 2 is 2.00 bits per heavy atom. The molecule has 1 aliphatic rings. The summed E-state index contributed by atoms with van der Waals surface area (Å²) in [5, 5.41) is 0. The minimum atomic E-state index is 0.366. The molecule has 0 aliphatic carbocycles. The third-order valence-corrected chi connectivity index (χ3v) is 3.90. The highest BCUT2D eigenvalue weighted by Gasteiger charge is 2.27. The summed E-state index contributed by atoms with van der Waals surface area (Å²) in [6, 6.07) is 11.7. The Morgan fingerprint density at radius 3 is 2.65 bits per heavy atom. The van der Waals surface area contributed by atoms with Crippen molar-refractivity contribution in [3.8, 4) is 0 Å². The molecule has 0 aromatic heterocycles.